The normalized spacial score (nSPS) is 27.3. The number of ether oxygens (including phenoxy) is 3. The highest BCUT2D eigenvalue weighted by molar-refractivity contribution is 5.79. The number of esters is 1. The van der Waals surface area contributed by atoms with Crippen LogP contribution >= 0.6 is 0 Å². The third kappa shape index (κ3) is 1.65. The van der Waals surface area contributed by atoms with Crippen molar-refractivity contribution < 1.29 is 19.0 Å². The molecule has 0 aromatic heterocycles. The fourth-order valence-corrected chi connectivity index (χ4v) is 1.73. The van der Waals surface area contributed by atoms with E-state index in [2.05, 4.69) is 4.74 Å². The Morgan fingerprint density at radius 1 is 1.31 bits per heavy atom. The van der Waals surface area contributed by atoms with Crippen molar-refractivity contribution in [3.8, 4) is 5.75 Å². The van der Waals surface area contributed by atoms with Crippen molar-refractivity contribution in [3.63, 3.8) is 0 Å². The van der Waals surface area contributed by atoms with E-state index in [4.69, 9.17) is 9.47 Å². The predicted molar refractivity (Wildman–Crippen MR) is 57.2 cm³/mol. The van der Waals surface area contributed by atoms with E-state index in [9.17, 15) is 4.79 Å². The highest BCUT2D eigenvalue weighted by atomic mass is 16.6. The summed E-state index contributed by atoms with van der Waals surface area (Å²) < 4.78 is 15.1. The second kappa shape index (κ2) is 3.79. The van der Waals surface area contributed by atoms with Crippen LogP contribution in [0.3, 0.4) is 0 Å². The van der Waals surface area contributed by atoms with Gasteiger partial charge in [0.25, 0.3) is 0 Å². The van der Waals surface area contributed by atoms with Crippen LogP contribution in [0.15, 0.2) is 24.3 Å². The highest BCUT2D eigenvalue weighted by Crippen LogP contribution is 2.46. The standard InChI is InChI=1S/C12H14O4/c1-12(10(16-12)11(13)15-3)8-4-6-9(14-2)7-5-8/h4-7,10H,1-3H3. The lowest BCUT2D eigenvalue weighted by atomic mass is 9.97. The molecule has 0 radical (unpaired) electrons. The number of rotatable bonds is 3. The van der Waals surface area contributed by atoms with E-state index >= 15 is 0 Å². The number of epoxide rings is 1. The molecule has 0 bridgehead atoms. The predicted octanol–water partition coefficient (Wildman–Crippen LogP) is 1.48. The number of carbonyl (C=O) groups excluding carboxylic acids is 1. The lowest BCUT2D eigenvalue weighted by Gasteiger charge is -2.07. The molecule has 1 aliphatic heterocycles. The molecule has 2 unspecified atom stereocenters. The number of methoxy groups -OCH3 is 2. The summed E-state index contributed by atoms with van der Waals surface area (Å²) in [5.41, 5.74) is 0.392. The highest BCUT2D eigenvalue weighted by Gasteiger charge is 2.59. The van der Waals surface area contributed by atoms with E-state index in [0.717, 1.165) is 11.3 Å². The minimum Gasteiger partial charge on any atom is -0.497 e. The maximum atomic E-state index is 11.3. The molecule has 1 saturated heterocycles. The van der Waals surface area contributed by atoms with Crippen molar-refractivity contribution >= 4 is 5.97 Å². The van der Waals surface area contributed by atoms with Crippen molar-refractivity contribution in [1.82, 2.24) is 0 Å². The lowest BCUT2D eigenvalue weighted by Crippen LogP contribution is -2.17. The zero-order chi connectivity index (χ0) is 11.8. The van der Waals surface area contributed by atoms with E-state index in [0.29, 0.717) is 0 Å². The first-order valence-corrected chi connectivity index (χ1v) is 5.02. The molecule has 0 spiro atoms. The van der Waals surface area contributed by atoms with Gasteiger partial charge < -0.3 is 14.2 Å². The maximum Gasteiger partial charge on any atom is 0.338 e. The van der Waals surface area contributed by atoms with Crippen LogP contribution in [0, 0.1) is 0 Å². The summed E-state index contributed by atoms with van der Waals surface area (Å²) in [4.78, 5) is 11.3. The average molecular weight is 222 g/mol. The van der Waals surface area contributed by atoms with Crippen LogP contribution in [0.1, 0.15) is 12.5 Å². The Hall–Kier alpha value is -1.55. The molecular weight excluding hydrogens is 208 g/mol. The van der Waals surface area contributed by atoms with Crippen LogP contribution in [0.5, 0.6) is 5.75 Å². The molecule has 2 rings (SSSR count). The molecule has 1 heterocycles. The summed E-state index contributed by atoms with van der Waals surface area (Å²) in [7, 11) is 2.97. The number of hydrogen-bond donors (Lipinski definition) is 0. The molecular formula is C12H14O4. The molecule has 0 N–H and O–H groups in total. The summed E-state index contributed by atoms with van der Waals surface area (Å²) >= 11 is 0. The number of hydrogen-bond acceptors (Lipinski definition) is 4. The van der Waals surface area contributed by atoms with E-state index < -0.39 is 11.7 Å². The summed E-state index contributed by atoms with van der Waals surface area (Å²) in [5, 5.41) is 0. The largest absolute Gasteiger partial charge is 0.497 e. The summed E-state index contributed by atoms with van der Waals surface area (Å²) in [5.74, 6) is 0.445. The van der Waals surface area contributed by atoms with Crippen LogP contribution in [0.25, 0.3) is 0 Å². The molecule has 4 nitrogen and oxygen atoms in total. The van der Waals surface area contributed by atoms with Crippen LogP contribution in [-0.4, -0.2) is 26.3 Å². The van der Waals surface area contributed by atoms with Crippen molar-refractivity contribution in [3.05, 3.63) is 29.8 Å². The Kier molecular flexibility index (Phi) is 2.59. The Labute approximate surface area is 94.1 Å². The minimum atomic E-state index is -0.556. The first kappa shape index (κ1) is 11.0. The lowest BCUT2D eigenvalue weighted by molar-refractivity contribution is -0.142. The third-order valence-electron chi connectivity index (χ3n) is 2.88. The van der Waals surface area contributed by atoms with Gasteiger partial charge >= 0.3 is 5.97 Å². The Bertz CT molecular complexity index is 398. The minimum absolute atomic E-state index is 0.335. The van der Waals surface area contributed by atoms with Gasteiger partial charge in [-0.25, -0.2) is 4.79 Å². The maximum absolute atomic E-state index is 11.3. The van der Waals surface area contributed by atoms with Crippen LogP contribution in [0.2, 0.25) is 0 Å². The average Bonchev–Trinajstić information content (AvgIpc) is 3.02. The van der Waals surface area contributed by atoms with Crippen molar-refractivity contribution in [2.24, 2.45) is 0 Å². The van der Waals surface area contributed by atoms with Gasteiger partial charge in [0, 0.05) is 0 Å². The fourth-order valence-electron chi connectivity index (χ4n) is 1.73. The molecule has 0 saturated carbocycles. The number of carbonyl (C=O) groups is 1. The Morgan fingerprint density at radius 2 is 1.94 bits per heavy atom. The first-order valence-electron chi connectivity index (χ1n) is 5.02. The Morgan fingerprint density at radius 3 is 2.44 bits per heavy atom. The second-order valence-corrected chi connectivity index (χ2v) is 3.86. The molecule has 0 amide bonds. The molecule has 1 aliphatic rings. The van der Waals surface area contributed by atoms with Gasteiger partial charge in [0.05, 0.1) is 14.2 Å². The van der Waals surface area contributed by atoms with Gasteiger partial charge in [-0.15, -0.1) is 0 Å². The zero-order valence-corrected chi connectivity index (χ0v) is 9.52. The van der Waals surface area contributed by atoms with Crippen LogP contribution in [0.4, 0.5) is 0 Å². The van der Waals surface area contributed by atoms with Gasteiger partial charge in [-0.1, -0.05) is 12.1 Å². The van der Waals surface area contributed by atoms with Gasteiger partial charge in [0.2, 0.25) is 0 Å². The number of benzene rings is 1. The van der Waals surface area contributed by atoms with Crippen molar-refractivity contribution in [1.29, 1.82) is 0 Å². The first-order chi connectivity index (χ1) is 7.61. The van der Waals surface area contributed by atoms with Crippen molar-refractivity contribution in [2.45, 2.75) is 18.6 Å². The van der Waals surface area contributed by atoms with Crippen molar-refractivity contribution in [2.75, 3.05) is 14.2 Å². The summed E-state index contributed by atoms with van der Waals surface area (Å²) in [6, 6.07) is 7.47. The zero-order valence-electron chi connectivity index (χ0n) is 9.52. The second-order valence-electron chi connectivity index (χ2n) is 3.86. The monoisotopic (exact) mass is 222 g/mol. The van der Waals surface area contributed by atoms with E-state index in [-0.39, 0.29) is 5.97 Å². The molecule has 2 atom stereocenters. The third-order valence-corrected chi connectivity index (χ3v) is 2.88. The molecule has 1 aromatic carbocycles. The molecule has 1 aromatic rings. The summed E-state index contributed by atoms with van der Waals surface area (Å²) in [6.45, 7) is 1.87. The summed E-state index contributed by atoms with van der Waals surface area (Å²) in [6.07, 6.45) is -0.495. The molecule has 16 heavy (non-hydrogen) atoms. The smallest absolute Gasteiger partial charge is 0.338 e. The van der Waals surface area contributed by atoms with Gasteiger partial charge in [-0.05, 0) is 24.6 Å². The molecule has 4 heteroatoms. The van der Waals surface area contributed by atoms with E-state index in [1.165, 1.54) is 7.11 Å². The van der Waals surface area contributed by atoms with Gasteiger partial charge in [-0.3, -0.25) is 0 Å². The topological polar surface area (TPSA) is 48.1 Å². The van der Waals surface area contributed by atoms with Crippen LogP contribution < -0.4 is 4.74 Å². The molecule has 0 aliphatic carbocycles. The van der Waals surface area contributed by atoms with E-state index in [1.54, 1.807) is 7.11 Å². The van der Waals surface area contributed by atoms with Crippen LogP contribution in [-0.2, 0) is 19.9 Å². The van der Waals surface area contributed by atoms with E-state index in [1.807, 2.05) is 31.2 Å². The molecule has 86 valence electrons. The van der Waals surface area contributed by atoms with Gasteiger partial charge in [0.15, 0.2) is 6.10 Å². The fraction of sp³-hybridized carbons (Fsp3) is 0.417. The quantitative estimate of drug-likeness (QED) is 0.574. The molecule has 1 fully saturated rings. The SMILES string of the molecule is COC(=O)C1OC1(C)c1ccc(OC)cc1. The van der Waals surface area contributed by atoms with Gasteiger partial charge in [0.1, 0.15) is 11.4 Å². The Balaban J connectivity index is 2.16. The van der Waals surface area contributed by atoms with Gasteiger partial charge in [-0.2, -0.15) is 0 Å².